The third-order valence-corrected chi connectivity index (χ3v) is 14.4. The monoisotopic (exact) mass is 2250 g/mol. The van der Waals surface area contributed by atoms with E-state index in [2.05, 4.69) is 198 Å². The molecule has 5 radical (unpaired) electrons. The van der Waals surface area contributed by atoms with Crippen LogP contribution in [0.4, 0.5) is 0 Å². The maximum absolute atomic E-state index is 10.0. The van der Waals surface area contributed by atoms with Gasteiger partial charge in [-0.1, -0.05) is 148 Å². The number of para-hydroxylation sites is 1. The average molecular weight is 2250 g/mol. The third kappa shape index (κ3) is 31.3. The van der Waals surface area contributed by atoms with E-state index >= 15 is 0 Å². The van der Waals surface area contributed by atoms with Crippen molar-refractivity contribution in [3.63, 3.8) is 0 Å². The minimum absolute atomic E-state index is 0. The molecule has 103 heavy (non-hydrogen) atoms. The van der Waals surface area contributed by atoms with E-state index in [1.165, 1.54) is 89.5 Å². The van der Waals surface area contributed by atoms with Crippen LogP contribution < -0.4 is 0 Å². The summed E-state index contributed by atoms with van der Waals surface area (Å²) in [6.07, 6.45) is 10.7. The second-order valence-electron chi connectivity index (χ2n) is 24.1. The van der Waals surface area contributed by atoms with Gasteiger partial charge in [-0.05, 0) is 141 Å². The number of aryl methyl sites for hydroxylation is 3. The molecule has 7 aromatic carbocycles. The van der Waals surface area contributed by atoms with Crippen LogP contribution in [0.5, 0.6) is 0 Å². The van der Waals surface area contributed by atoms with E-state index in [1.807, 2.05) is 159 Å². The molecule has 15 heteroatoms. The van der Waals surface area contributed by atoms with E-state index in [0.717, 1.165) is 74.9 Å². The summed E-state index contributed by atoms with van der Waals surface area (Å²) in [6, 6.07) is 93.8. The predicted molar refractivity (Wildman–Crippen MR) is 403 cm³/mol. The van der Waals surface area contributed by atoms with Gasteiger partial charge in [-0.15, -0.1) is 166 Å². The van der Waals surface area contributed by atoms with Gasteiger partial charge < -0.3 is 39.7 Å². The van der Waals surface area contributed by atoms with Gasteiger partial charge in [-0.25, -0.2) is 0 Å². The standard InChI is InChI=1S/C21H19N2.C21H20N.C13H12N.C12H10N.C11H8N.2C5H8O2.5Ir/c1-15(2)14-23-20-9-4-3-7-17(20)18-13-16(10-11-21(18)23)19-8-5-6-12-22-19;1-16(2)13-17-11-12-22-21(14-17)20-10-6-9-19(15-20)18-7-4-3-5-8-18;1-10-5-3-7-12(9-10)13-8-4-6-11(2)14-13;1-10-6-5-9-13-12(10)11-7-3-2-4-8-11;1-2-6-10(7-3-1)11-8-4-5-9-12-11;2*1-4(6)3-5(2)7;;;;;/h3-9,11-13,15H,14H2,1-2H3;3-9,11-12,14-16H,13H2,1-2H3;3-6,8-9H,1-2H3;2-7,9H,1H3;1-6,8-9H;2*3,6H,1-2H3;;;;;/q5*-1;;;;;;;. The minimum atomic E-state index is -0.125. The maximum atomic E-state index is 10.0. The van der Waals surface area contributed by atoms with E-state index in [-0.39, 0.29) is 124 Å². The number of fused-ring (bicyclic) bond motifs is 3. The van der Waals surface area contributed by atoms with Crippen molar-refractivity contribution in [2.75, 3.05) is 0 Å². The van der Waals surface area contributed by atoms with Crippen molar-refractivity contribution in [2.45, 2.75) is 89.1 Å². The molecule has 10 nitrogen and oxygen atoms in total. The Balaban J connectivity index is 0.000000421. The van der Waals surface area contributed by atoms with Gasteiger partial charge in [-0.2, -0.15) is 0 Å². The van der Waals surface area contributed by atoms with Gasteiger partial charge in [0.05, 0.1) is 11.5 Å². The first-order valence-corrected chi connectivity index (χ1v) is 32.6. The van der Waals surface area contributed by atoms with Crippen LogP contribution in [-0.2, 0) is 123 Å². The summed E-state index contributed by atoms with van der Waals surface area (Å²) in [7, 11) is 0. The fraction of sp³-hybridized carbons (Fsp3) is 0.170. The van der Waals surface area contributed by atoms with E-state index in [1.54, 1.807) is 6.20 Å². The molecular formula is C88H85Ir5N6O4-5. The Labute approximate surface area is 677 Å². The first kappa shape index (κ1) is 90.8. The zero-order chi connectivity index (χ0) is 70.2. The molecule has 0 unspecified atom stereocenters. The van der Waals surface area contributed by atoms with Crippen molar-refractivity contribution in [3.05, 3.63) is 332 Å². The van der Waals surface area contributed by atoms with Crippen molar-refractivity contribution in [1.82, 2.24) is 29.5 Å². The molecule has 0 atom stereocenters. The topological polar surface area (TPSA) is 144 Å². The Hall–Kier alpha value is -8.24. The number of aromatic nitrogens is 6. The molecule has 0 spiro atoms. The number of carbonyl (C=O) groups is 2. The van der Waals surface area contributed by atoms with Crippen LogP contribution in [0.1, 0.15) is 77.8 Å². The number of nitrogens with zero attached hydrogens (tertiary/aromatic N) is 6. The average Bonchev–Trinajstić information content (AvgIpc) is 1.61. The Morgan fingerprint density at radius 3 is 1.50 bits per heavy atom. The molecule has 0 aliphatic rings. The third-order valence-electron chi connectivity index (χ3n) is 14.4. The van der Waals surface area contributed by atoms with E-state index < -0.39 is 0 Å². The number of benzene rings is 7. The SMILES string of the molecule is CC(=O)C=C(C)O.CC(=O)C=C(C)O.CC(C)Cc1ccnc(-c2[c-]ccc(-c3ccccc3)c2)c1.CC(C)Cn1c2c[c-]c(-c3ccccn3)cc2c2ccccc21.Cc1cc[c-]c(-c2cccc(C)n2)c1.Cc1cccnc1-c1[c-]cccc1.[Ir].[Ir].[Ir].[Ir].[Ir].[c-]1ccccc1-c1ccccn1. The van der Waals surface area contributed by atoms with E-state index in [4.69, 9.17) is 10.2 Å². The summed E-state index contributed by atoms with van der Waals surface area (Å²) < 4.78 is 2.41. The molecule has 13 rings (SSSR count). The first-order chi connectivity index (χ1) is 47.3. The van der Waals surface area contributed by atoms with Gasteiger partial charge in [0.15, 0.2) is 11.6 Å². The maximum Gasteiger partial charge on any atom is 0.155 e. The van der Waals surface area contributed by atoms with E-state index in [9.17, 15) is 9.59 Å². The van der Waals surface area contributed by atoms with Crippen LogP contribution in [-0.4, -0.2) is 51.3 Å². The Bertz CT molecular complexity index is 4560. The molecule has 541 valence electrons. The van der Waals surface area contributed by atoms with Gasteiger partial charge in [0, 0.05) is 155 Å². The number of ketones is 2. The van der Waals surface area contributed by atoms with Crippen LogP contribution >= 0.6 is 0 Å². The smallest absolute Gasteiger partial charge is 0.155 e. The number of aliphatic hydroxyl groups is 2. The largest absolute Gasteiger partial charge is 0.512 e. The van der Waals surface area contributed by atoms with E-state index in [0.29, 0.717) is 11.8 Å². The van der Waals surface area contributed by atoms with Crippen molar-refractivity contribution < 1.29 is 120 Å². The molecule has 13 aromatic rings. The number of allylic oxidation sites excluding steroid dienone is 4. The summed E-state index contributed by atoms with van der Waals surface area (Å²) in [5.74, 6) is 1.12. The number of carbonyl (C=O) groups excluding carboxylic acids is 2. The first-order valence-electron chi connectivity index (χ1n) is 32.6. The molecule has 0 aliphatic heterocycles. The molecule has 0 saturated heterocycles. The molecule has 0 amide bonds. The Morgan fingerprint density at radius 1 is 0.427 bits per heavy atom. The molecule has 6 aromatic heterocycles. The second-order valence-corrected chi connectivity index (χ2v) is 24.1. The van der Waals surface area contributed by atoms with Gasteiger partial charge >= 0.3 is 0 Å². The van der Waals surface area contributed by atoms with Gasteiger partial charge in [0.25, 0.3) is 0 Å². The molecule has 0 bridgehead atoms. The van der Waals surface area contributed by atoms with Crippen molar-refractivity contribution in [1.29, 1.82) is 0 Å². The van der Waals surface area contributed by atoms with Crippen LogP contribution in [0.15, 0.2) is 279 Å². The normalized spacial score (nSPS) is 10.2. The Morgan fingerprint density at radius 2 is 0.961 bits per heavy atom. The quantitative estimate of drug-likeness (QED) is 0.0694. The molecule has 2 N–H and O–H groups in total. The van der Waals surface area contributed by atoms with Crippen LogP contribution in [0.3, 0.4) is 0 Å². The van der Waals surface area contributed by atoms with Crippen LogP contribution in [0.25, 0.3) is 89.2 Å². The summed E-state index contributed by atoms with van der Waals surface area (Å²) in [5, 5.41) is 19.3. The molecule has 0 fully saturated rings. The number of pyridine rings is 5. The van der Waals surface area contributed by atoms with Crippen molar-refractivity contribution >= 4 is 33.4 Å². The predicted octanol–water partition coefficient (Wildman–Crippen LogP) is 21.4. The molecule has 6 heterocycles. The molecular weight excluding hydrogens is 2170 g/mol. The summed E-state index contributed by atoms with van der Waals surface area (Å²) >= 11 is 0. The van der Waals surface area contributed by atoms with Crippen molar-refractivity contribution in [2.24, 2.45) is 11.8 Å². The fourth-order valence-corrected chi connectivity index (χ4v) is 10.3. The van der Waals surface area contributed by atoms with Crippen LogP contribution in [0.2, 0.25) is 0 Å². The summed E-state index contributed by atoms with van der Waals surface area (Å²) in [5.41, 5.74) is 20.0. The minimum Gasteiger partial charge on any atom is -0.512 e. The zero-order valence-electron chi connectivity index (χ0n) is 59.5. The van der Waals surface area contributed by atoms with Gasteiger partial charge in [0.2, 0.25) is 0 Å². The molecule has 0 aliphatic carbocycles. The summed E-state index contributed by atoms with van der Waals surface area (Å²) in [6.45, 7) is 21.8. The summed E-state index contributed by atoms with van der Waals surface area (Å²) in [4.78, 5) is 42.0. The van der Waals surface area contributed by atoms with Gasteiger partial charge in [-0.3, -0.25) is 9.59 Å². The Kier molecular flexibility index (Phi) is 42.9. The van der Waals surface area contributed by atoms with Crippen molar-refractivity contribution in [3.8, 4) is 67.4 Å². The zero-order valence-corrected chi connectivity index (χ0v) is 71.5. The fourth-order valence-electron chi connectivity index (χ4n) is 10.3. The number of hydrogen-bond acceptors (Lipinski definition) is 9. The van der Waals surface area contributed by atoms with Gasteiger partial charge in [0.1, 0.15) is 0 Å². The van der Waals surface area contributed by atoms with Crippen LogP contribution in [0, 0.1) is 62.9 Å². The number of aliphatic hydroxyl groups excluding tert-OH is 2. The second kappa shape index (κ2) is 48.7. The number of hydrogen-bond donors (Lipinski definition) is 2. The molecule has 0 saturated carbocycles. The number of rotatable bonds is 12.